The van der Waals surface area contributed by atoms with E-state index in [0.717, 1.165) is 27.7 Å². The fraction of sp³-hybridized carbons (Fsp3) is 0.0667. The van der Waals surface area contributed by atoms with Crippen LogP contribution in [0.3, 0.4) is 0 Å². The van der Waals surface area contributed by atoms with Crippen LogP contribution in [0.25, 0.3) is 11.3 Å². The van der Waals surface area contributed by atoms with Gasteiger partial charge in [0.1, 0.15) is 11.5 Å². The lowest BCUT2D eigenvalue weighted by atomic mass is 10.1. The van der Waals surface area contributed by atoms with Crippen molar-refractivity contribution in [1.82, 2.24) is 10.1 Å². The average molecular weight is 303 g/mol. The molecule has 0 aliphatic carbocycles. The minimum atomic E-state index is 0.714. The molecule has 2 heterocycles. The van der Waals surface area contributed by atoms with Gasteiger partial charge in [0, 0.05) is 33.9 Å². The van der Waals surface area contributed by atoms with Crippen LogP contribution in [0.15, 0.2) is 64.3 Å². The molecule has 3 rings (SSSR count). The highest BCUT2D eigenvalue weighted by Crippen LogP contribution is 2.26. The molecule has 0 unspecified atom stereocenters. The third kappa shape index (κ3) is 3.21. The van der Waals surface area contributed by atoms with Crippen LogP contribution in [0.1, 0.15) is 5.76 Å². The van der Waals surface area contributed by atoms with Crippen LogP contribution in [0.2, 0.25) is 5.02 Å². The number of hydrogen-bond donors (Lipinski definition) is 0. The number of aromatic nitrogens is 2. The Kier molecular flexibility index (Phi) is 4.04. The van der Waals surface area contributed by atoms with E-state index in [1.54, 1.807) is 24.2 Å². The van der Waals surface area contributed by atoms with Crippen LogP contribution in [0.5, 0.6) is 0 Å². The molecule has 20 heavy (non-hydrogen) atoms. The van der Waals surface area contributed by atoms with Crippen molar-refractivity contribution in [2.24, 2.45) is 0 Å². The summed E-state index contributed by atoms with van der Waals surface area (Å²) in [5.74, 6) is 1.58. The number of hydrogen-bond acceptors (Lipinski definition) is 4. The highest BCUT2D eigenvalue weighted by atomic mass is 35.5. The Labute approximate surface area is 126 Å². The van der Waals surface area contributed by atoms with Crippen molar-refractivity contribution in [2.45, 2.75) is 10.6 Å². The van der Waals surface area contributed by atoms with Gasteiger partial charge in [-0.05, 0) is 24.3 Å². The van der Waals surface area contributed by atoms with Gasteiger partial charge in [0.15, 0.2) is 0 Å². The molecule has 0 radical (unpaired) electrons. The first-order chi connectivity index (χ1) is 9.81. The van der Waals surface area contributed by atoms with Gasteiger partial charge in [-0.25, -0.2) is 0 Å². The lowest BCUT2D eigenvalue weighted by Crippen LogP contribution is -1.77. The summed E-state index contributed by atoms with van der Waals surface area (Å²) in [6.45, 7) is 0. The second-order valence-electron chi connectivity index (χ2n) is 4.16. The SMILES string of the molecule is Clc1ccc(-c2cc(CSc3ccncc3)on2)cc1. The minimum Gasteiger partial charge on any atom is -0.360 e. The fourth-order valence-corrected chi connectivity index (χ4v) is 2.61. The van der Waals surface area contributed by atoms with Crippen molar-refractivity contribution < 1.29 is 4.52 Å². The van der Waals surface area contributed by atoms with Gasteiger partial charge in [-0.15, -0.1) is 11.8 Å². The topological polar surface area (TPSA) is 38.9 Å². The predicted octanol–water partition coefficient (Wildman–Crippen LogP) is 4.68. The standard InChI is InChI=1S/C15H11ClN2OS/c16-12-3-1-11(2-4-12)15-9-13(19-18-15)10-20-14-5-7-17-8-6-14/h1-9H,10H2. The smallest absolute Gasteiger partial charge is 0.147 e. The molecule has 100 valence electrons. The summed E-state index contributed by atoms with van der Waals surface area (Å²) < 4.78 is 5.35. The van der Waals surface area contributed by atoms with Crippen molar-refractivity contribution in [3.05, 3.63) is 65.6 Å². The molecule has 0 amide bonds. The Morgan fingerprint density at radius 2 is 1.80 bits per heavy atom. The minimum absolute atomic E-state index is 0.714. The second kappa shape index (κ2) is 6.11. The Morgan fingerprint density at radius 1 is 1.05 bits per heavy atom. The van der Waals surface area contributed by atoms with Gasteiger partial charge in [-0.2, -0.15) is 0 Å². The third-order valence-corrected chi connectivity index (χ3v) is 4.02. The summed E-state index contributed by atoms with van der Waals surface area (Å²) in [6.07, 6.45) is 3.56. The number of rotatable bonds is 4. The van der Waals surface area contributed by atoms with Crippen LogP contribution in [0.4, 0.5) is 0 Å². The van der Waals surface area contributed by atoms with E-state index in [9.17, 15) is 0 Å². The number of pyridine rings is 1. The molecule has 3 nitrogen and oxygen atoms in total. The van der Waals surface area contributed by atoms with Gasteiger partial charge in [0.25, 0.3) is 0 Å². The van der Waals surface area contributed by atoms with E-state index in [0.29, 0.717) is 5.02 Å². The lowest BCUT2D eigenvalue weighted by molar-refractivity contribution is 0.397. The number of nitrogens with zero attached hydrogens (tertiary/aromatic N) is 2. The lowest BCUT2D eigenvalue weighted by Gasteiger charge is -1.96. The second-order valence-corrected chi connectivity index (χ2v) is 5.64. The monoisotopic (exact) mass is 302 g/mol. The van der Waals surface area contributed by atoms with E-state index < -0.39 is 0 Å². The molecule has 0 N–H and O–H groups in total. The molecule has 0 spiro atoms. The Balaban J connectivity index is 1.69. The highest BCUT2D eigenvalue weighted by Gasteiger charge is 2.07. The molecule has 5 heteroatoms. The van der Waals surface area contributed by atoms with Crippen molar-refractivity contribution in [1.29, 1.82) is 0 Å². The van der Waals surface area contributed by atoms with Crippen LogP contribution < -0.4 is 0 Å². The van der Waals surface area contributed by atoms with Gasteiger partial charge in [-0.3, -0.25) is 4.98 Å². The van der Waals surface area contributed by atoms with Crippen LogP contribution in [-0.2, 0) is 5.75 Å². The quantitative estimate of drug-likeness (QED) is 0.656. The maximum Gasteiger partial charge on any atom is 0.147 e. The molecule has 0 saturated carbocycles. The summed E-state index contributed by atoms with van der Waals surface area (Å²) in [6, 6.07) is 13.5. The summed E-state index contributed by atoms with van der Waals surface area (Å²) >= 11 is 7.56. The number of halogens is 1. The van der Waals surface area contributed by atoms with Crippen LogP contribution >= 0.6 is 23.4 Å². The molecular weight excluding hydrogens is 292 g/mol. The van der Waals surface area contributed by atoms with Gasteiger partial charge >= 0.3 is 0 Å². The van der Waals surface area contributed by atoms with Gasteiger partial charge in [0.05, 0.1) is 5.75 Å². The predicted molar refractivity (Wildman–Crippen MR) is 80.7 cm³/mol. The third-order valence-electron chi connectivity index (χ3n) is 2.73. The molecule has 0 atom stereocenters. The first-order valence-corrected chi connectivity index (χ1v) is 7.42. The normalized spacial score (nSPS) is 10.7. The maximum absolute atomic E-state index is 5.87. The maximum atomic E-state index is 5.87. The fourth-order valence-electron chi connectivity index (χ4n) is 1.73. The molecular formula is C15H11ClN2OS. The zero-order valence-corrected chi connectivity index (χ0v) is 12.1. The molecule has 3 aromatic rings. The van der Waals surface area contributed by atoms with Crippen molar-refractivity contribution in [3.8, 4) is 11.3 Å². The molecule has 0 bridgehead atoms. The molecule has 0 aliphatic rings. The summed E-state index contributed by atoms with van der Waals surface area (Å²) in [4.78, 5) is 5.15. The van der Waals surface area contributed by atoms with E-state index in [1.807, 2.05) is 42.5 Å². The van der Waals surface area contributed by atoms with E-state index in [1.165, 1.54) is 0 Å². The van der Waals surface area contributed by atoms with Crippen LogP contribution in [-0.4, -0.2) is 10.1 Å². The van der Waals surface area contributed by atoms with Crippen molar-refractivity contribution in [3.63, 3.8) is 0 Å². The van der Waals surface area contributed by atoms with E-state index in [2.05, 4.69) is 10.1 Å². The molecule has 1 aromatic carbocycles. The van der Waals surface area contributed by atoms with E-state index in [4.69, 9.17) is 16.1 Å². The Bertz CT molecular complexity index is 683. The largest absolute Gasteiger partial charge is 0.360 e. The number of thioether (sulfide) groups is 1. The molecule has 0 aliphatic heterocycles. The summed E-state index contributed by atoms with van der Waals surface area (Å²) in [7, 11) is 0. The Hall–Kier alpha value is -1.78. The van der Waals surface area contributed by atoms with Crippen molar-refractivity contribution >= 4 is 23.4 Å². The highest BCUT2D eigenvalue weighted by molar-refractivity contribution is 7.98. The summed E-state index contributed by atoms with van der Waals surface area (Å²) in [5.41, 5.74) is 1.82. The van der Waals surface area contributed by atoms with E-state index >= 15 is 0 Å². The first-order valence-electron chi connectivity index (χ1n) is 6.05. The average Bonchev–Trinajstić information content (AvgIpc) is 2.96. The van der Waals surface area contributed by atoms with Gasteiger partial charge < -0.3 is 4.52 Å². The van der Waals surface area contributed by atoms with Crippen molar-refractivity contribution in [2.75, 3.05) is 0 Å². The summed E-state index contributed by atoms with van der Waals surface area (Å²) in [5, 5.41) is 4.80. The molecule has 0 saturated heterocycles. The van der Waals surface area contributed by atoms with E-state index in [-0.39, 0.29) is 0 Å². The van der Waals surface area contributed by atoms with Gasteiger partial charge in [0.2, 0.25) is 0 Å². The zero-order chi connectivity index (χ0) is 13.8. The van der Waals surface area contributed by atoms with Gasteiger partial charge in [-0.1, -0.05) is 28.9 Å². The zero-order valence-electron chi connectivity index (χ0n) is 10.5. The molecule has 2 aromatic heterocycles. The first kappa shape index (κ1) is 13.2. The number of benzene rings is 1. The Morgan fingerprint density at radius 3 is 2.55 bits per heavy atom. The van der Waals surface area contributed by atoms with Crippen LogP contribution in [0, 0.1) is 0 Å². The molecule has 0 fully saturated rings.